The molecule has 0 fully saturated rings. The molecule has 0 saturated carbocycles. The van der Waals surface area contributed by atoms with Gasteiger partial charge >= 0.3 is 0 Å². The molecule has 0 aliphatic heterocycles. The largest absolute Gasteiger partial charge is 0.243 e. The summed E-state index contributed by atoms with van der Waals surface area (Å²) in [6, 6.07) is 0. The number of hydrogen-bond donors (Lipinski definition) is 0. The van der Waals surface area contributed by atoms with Crippen molar-refractivity contribution in [1.29, 1.82) is 0 Å². The third-order valence-corrected chi connectivity index (χ3v) is 0.901. The summed E-state index contributed by atoms with van der Waals surface area (Å²) in [5, 5.41) is 0. The molecule has 0 aliphatic carbocycles. The van der Waals surface area contributed by atoms with Crippen molar-refractivity contribution >= 4 is 8.41 Å². The minimum atomic E-state index is 0. The molecule has 1 rings (SSSR count). The Bertz CT molecular complexity index is 143. The predicted octanol–water partition coefficient (Wildman–Crippen LogP) is -1.60. The molecule has 0 N–H and O–H groups in total. The predicted molar refractivity (Wildman–Crippen MR) is 37.9 cm³/mol. The molecule has 1 aromatic heterocycles. The Morgan fingerprint density at radius 1 is 1.50 bits per heavy atom. The van der Waals surface area contributed by atoms with E-state index >= 15 is 0 Å². The SMILES string of the molecule is Cn1cc[n+](C)c1.[BH4-]. The quantitative estimate of drug-likeness (QED) is 0.282. The molecule has 0 aromatic carbocycles. The van der Waals surface area contributed by atoms with Crippen molar-refractivity contribution in [3.8, 4) is 0 Å². The van der Waals surface area contributed by atoms with Gasteiger partial charge in [-0.2, -0.15) is 0 Å². The summed E-state index contributed by atoms with van der Waals surface area (Å²) in [4.78, 5) is 0. The van der Waals surface area contributed by atoms with Gasteiger partial charge in [0.2, 0.25) is 6.33 Å². The highest BCUT2D eigenvalue weighted by atomic mass is 15.1. The first kappa shape index (κ1) is 7.27. The molecule has 3 heteroatoms. The van der Waals surface area contributed by atoms with Crippen LogP contribution in [0.3, 0.4) is 0 Å². The van der Waals surface area contributed by atoms with E-state index in [0.29, 0.717) is 0 Å². The van der Waals surface area contributed by atoms with Crippen molar-refractivity contribution in [1.82, 2.24) is 4.57 Å². The van der Waals surface area contributed by atoms with E-state index in [1.807, 2.05) is 42.0 Å². The summed E-state index contributed by atoms with van der Waals surface area (Å²) in [5.41, 5.74) is 0. The number of aromatic nitrogens is 2. The zero-order valence-electron chi connectivity index (χ0n) is 4.63. The van der Waals surface area contributed by atoms with Gasteiger partial charge in [-0.05, 0) is 0 Å². The van der Waals surface area contributed by atoms with Crippen LogP contribution in [0.15, 0.2) is 18.7 Å². The van der Waals surface area contributed by atoms with Crippen molar-refractivity contribution in [3.63, 3.8) is 0 Å². The topological polar surface area (TPSA) is 8.81 Å². The summed E-state index contributed by atoms with van der Waals surface area (Å²) in [7, 11) is 4.00. The fourth-order valence-electron chi connectivity index (χ4n) is 0.575. The van der Waals surface area contributed by atoms with Gasteiger partial charge in [0.15, 0.2) is 0 Å². The zero-order valence-corrected chi connectivity index (χ0v) is 4.63. The summed E-state index contributed by atoms with van der Waals surface area (Å²) in [6.07, 6.45) is 6.00. The molecule has 1 heterocycles. The minimum absolute atomic E-state index is 0. The smallest absolute Gasteiger partial charge is 0.240 e. The first-order chi connectivity index (χ1) is 3.29. The average molecular weight is 112 g/mol. The van der Waals surface area contributed by atoms with Crippen LogP contribution >= 0.6 is 0 Å². The molecule has 0 unspecified atom stereocenters. The van der Waals surface area contributed by atoms with Crippen LogP contribution in [0.1, 0.15) is 0 Å². The molecule has 2 nitrogen and oxygen atoms in total. The van der Waals surface area contributed by atoms with Gasteiger partial charge in [0, 0.05) is 0 Å². The lowest BCUT2D eigenvalue weighted by Gasteiger charge is -1.72. The fraction of sp³-hybridized carbons (Fsp3) is 0.400. The number of rotatable bonds is 0. The molecule has 1 aromatic rings. The third kappa shape index (κ3) is 1.41. The summed E-state index contributed by atoms with van der Waals surface area (Å²) < 4.78 is 4.00. The second-order valence-corrected chi connectivity index (χ2v) is 1.74. The van der Waals surface area contributed by atoms with Crippen LogP contribution in [0.2, 0.25) is 0 Å². The van der Waals surface area contributed by atoms with Gasteiger partial charge in [-0.15, -0.1) is 0 Å². The van der Waals surface area contributed by atoms with Crippen LogP contribution in [0, 0.1) is 0 Å². The van der Waals surface area contributed by atoms with Gasteiger partial charge in [0.25, 0.3) is 0 Å². The number of hydrogen-bond acceptors (Lipinski definition) is 0. The van der Waals surface area contributed by atoms with Crippen LogP contribution in [-0.2, 0) is 14.1 Å². The van der Waals surface area contributed by atoms with Crippen LogP contribution in [0.4, 0.5) is 0 Å². The average Bonchev–Trinajstić information content (AvgIpc) is 1.87. The fourth-order valence-corrected chi connectivity index (χ4v) is 0.575. The van der Waals surface area contributed by atoms with Gasteiger partial charge in [0.05, 0.1) is 14.1 Å². The summed E-state index contributed by atoms with van der Waals surface area (Å²) in [6.45, 7) is 0. The van der Waals surface area contributed by atoms with Crippen LogP contribution < -0.4 is 4.57 Å². The Kier molecular flexibility index (Phi) is 2.32. The first-order valence-electron chi connectivity index (χ1n) is 2.26. The van der Waals surface area contributed by atoms with E-state index in [4.69, 9.17) is 0 Å². The number of nitrogens with zero attached hydrogens (tertiary/aromatic N) is 2. The lowest BCUT2D eigenvalue weighted by atomic mass is 10.8. The van der Waals surface area contributed by atoms with E-state index in [2.05, 4.69) is 0 Å². The van der Waals surface area contributed by atoms with Gasteiger partial charge in [-0.3, -0.25) is 0 Å². The molecule has 0 amide bonds. The van der Waals surface area contributed by atoms with Gasteiger partial charge in [-0.25, -0.2) is 9.13 Å². The van der Waals surface area contributed by atoms with E-state index in [9.17, 15) is 0 Å². The Morgan fingerprint density at radius 3 is 2.25 bits per heavy atom. The van der Waals surface area contributed by atoms with Crippen LogP contribution in [0.5, 0.6) is 0 Å². The van der Waals surface area contributed by atoms with Crippen molar-refractivity contribution in [2.75, 3.05) is 0 Å². The maximum Gasteiger partial charge on any atom is 0.243 e. The molecular weight excluding hydrogens is 98.9 g/mol. The van der Waals surface area contributed by atoms with E-state index in [1.165, 1.54) is 0 Å². The van der Waals surface area contributed by atoms with Gasteiger partial charge < -0.3 is 0 Å². The number of aryl methyl sites for hydroxylation is 2. The Balaban J connectivity index is 0.000000490. The third-order valence-electron chi connectivity index (χ3n) is 0.901. The minimum Gasteiger partial charge on any atom is -0.240 e. The number of imidazole rings is 1. The lowest BCUT2D eigenvalue weighted by Crippen LogP contribution is -2.23. The Morgan fingerprint density at radius 2 is 2.12 bits per heavy atom. The van der Waals surface area contributed by atoms with E-state index in [1.54, 1.807) is 0 Å². The van der Waals surface area contributed by atoms with E-state index < -0.39 is 0 Å². The second kappa shape index (κ2) is 2.55. The summed E-state index contributed by atoms with van der Waals surface area (Å²) >= 11 is 0. The standard InChI is InChI=1S/C5H9N2.BH4/c1-6-3-4-7(2)5-6;/h3-5H,1-2H3;1H4/q+1;-1. The molecule has 0 radical (unpaired) electrons. The van der Waals surface area contributed by atoms with Crippen molar-refractivity contribution < 1.29 is 4.57 Å². The van der Waals surface area contributed by atoms with Gasteiger partial charge in [-0.1, -0.05) is 8.41 Å². The molecule has 0 spiro atoms. The Labute approximate surface area is 51.3 Å². The molecule has 0 atom stereocenters. The van der Waals surface area contributed by atoms with Crippen LogP contribution in [0.25, 0.3) is 0 Å². The molecule has 8 heavy (non-hydrogen) atoms. The van der Waals surface area contributed by atoms with E-state index in [-0.39, 0.29) is 8.41 Å². The van der Waals surface area contributed by atoms with Crippen molar-refractivity contribution in [2.45, 2.75) is 0 Å². The summed E-state index contributed by atoms with van der Waals surface area (Å²) in [5.74, 6) is 0. The highest BCUT2D eigenvalue weighted by Crippen LogP contribution is 1.70. The Hall–Kier alpha value is -0.725. The highest BCUT2D eigenvalue weighted by molar-refractivity contribution is 5.75. The van der Waals surface area contributed by atoms with E-state index in [0.717, 1.165) is 0 Å². The molecule has 0 aliphatic rings. The maximum atomic E-state index is 2.00. The zero-order chi connectivity index (χ0) is 5.28. The molecular formula is C5H13BN2. The van der Waals surface area contributed by atoms with Crippen LogP contribution in [-0.4, -0.2) is 13.0 Å². The lowest BCUT2D eigenvalue weighted by molar-refractivity contribution is -0.670. The van der Waals surface area contributed by atoms with Gasteiger partial charge in [0.1, 0.15) is 12.4 Å². The molecule has 0 saturated heterocycles. The first-order valence-corrected chi connectivity index (χ1v) is 2.26. The normalized spacial score (nSPS) is 8.25. The molecule has 0 bridgehead atoms. The second-order valence-electron chi connectivity index (χ2n) is 1.74. The molecule has 46 valence electrons. The monoisotopic (exact) mass is 112 g/mol. The highest BCUT2D eigenvalue weighted by Gasteiger charge is 1.87. The van der Waals surface area contributed by atoms with Crippen molar-refractivity contribution in [2.24, 2.45) is 14.1 Å². The maximum absolute atomic E-state index is 2.00. The van der Waals surface area contributed by atoms with Crippen molar-refractivity contribution in [3.05, 3.63) is 18.7 Å².